The minimum Gasteiger partial charge on any atom is -0.340 e. The van der Waals surface area contributed by atoms with E-state index in [-0.39, 0.29) is 5.15 Å². The summed E-state index contributed by atoms with van der Waals surface area (Å²) in [4.78, 5) is 4.20. The molecule has 0 aliphatic rings. The number of hydrogen-bond donors (Lipinski definition) is 1. The maximum atomic E-state index is 8.99. The maximum Gasteiger partial charge on any atom is 0.133 e. The van der Waals surface area contributed by atoms with E-state index in [2.05, 4.69) is 32.3 Å². The van der Waals surface area contributed by atoms with Gasteiger partial charge in [0.25, 0.3) is 0 Å². The molecule has 0 atom stereocenters. The highest BCUT2D eigenvalue weighted by Crippen LogP contribution is 2.31. The second kappa shape index (κ2) is 5.72. The lowest BCUT2D eigenvalue weighted by molar-refractivity contribution is 1.30. The van der Waals surface area contributed by atoms with Gasteiger partial charge >= 0.3 is 0 Å². The van der Waals surface area contributed by atoms with E-state index in [1.54, 1.807) is 6.07 Å². The Morgan fingerprint density at radius 2 is 1.86 bits per heavy atom. The second-order valence-corrected chi connectivity index (χ2v) is 5.68. The number of hydrogen-bond acceptors (Lipinski definition) is 3. The van der Waals surface area contributed by atoms with Crippen LogP contribution in [-0.2, 0) is 0 Å². The van der Waals surface area contributed by atoms with Crippen LogP contribution in [-0.4, -0.2) is 4.98 Å². The van der Waals surface area contributed by atoms with E-state index in [4.69, 9.17) is 16.9 Å². The molecule has 5 heteroatoms. The van der Waals surface area contributed by atoms with Crippen LogP contribution < -0.4 is 5.32 Å². The van der Waals surface area contributed by atoms with Crippen LogP contribution in [0.1, 0.15) is 5.56 Å². The quantitative estimate of drug-likeness (QED) is 0.635. The van der Waals surface area contributed by atoms with Crippen molar-refractivity contribution in [2.45, 2.75) is 0 Å². The molecule has 0 saturated carbocycles. The third-order valence-corrected chi connectivity index (χ3v) is 3.94. The zero-order valence-electron chi connectivity index (χ0n) is 10.8. The molecule has 0 radical (unpaired) electrons. The number of anilines is 2. The van der Waals surface area contributed by atoms with E-state index in [1.807, 2.05) is 36.4 Å². The van der Waals surface area contributed by atoms with Crippen molar-refractivity contribution in [3.63, 3.8) is 0 Å². The van der Waals surface area contributed by atoms with Gasteiger partial charge in [-0.1, -0.05) is 51.8 Å². The van der Waals surface area contributed by atoms with Crippen LogP contribution in [0.25, 0.3) is 10.8 Å². The highest BCUT2D eigenvalue weighted by atomic mass is 79.9. The van der Waals surface area contributed by atoms with Gasteiger partial charge in [0, 0.05) is 15.5 Å². The smallest absolute Gasteiger partial charge is 0.133 e. The highest BCUT2D eigenvalue weighted by molar-refractivity contribution is 9.10. The van der Waals surface area contributed by atoms with Crippen LogP contribution in [0.4, 0.5) is 11.5 Å². The number of halogens is 2. The molecule has 1 N–H and O–H groups in total. The molecule has 3 nitrogen and oxygen atoms in total. The fourth-order valence-electron chi connectivity index (χ4n) is 2.13. The molecule has 0 saturated heterocycles. The first-order valence-electron chi connectivity index (χ1n) is 6.19. The van der Waals surface area contributed by atoms with Gasteiger partial charge in [-0.15, -0.1) is 0 Å². The molecule has 0 aliphatic carbocycles. The molecular formula is C16H9BrClN3. The van der Waals surface area contributed by atoms with Gasteiger partial charge in [0.05, 0.1) is 11.6 Å². The Morgan fingerprint density at radius 3 is 2.62 bits per heavy atom. The molecular weight excluding hydrogens is 350 g/mol. The fourth-order valence-corrected chi connectivity index (χ4v) is 2.82. The minimum atomic E-state index is 0.290. The first-order chi connectivity index (χ1) is 10.2. The lowest BCUT2D eigenvalue weighted by Gasteiger charge is -2.11. The van der Waals surface area contributed by atoms with Gasteiger partial charge in [-0.2, -0.15) is 5.26 Å². The number of nitriles is 1. The monoisotopic (exact) mass is 357 g/mol. The summed E-state index contributed by atoms with van der Waals surface area (Å²) in [6.07, 6.45) is 0. The van der Waals surface area contributed by atoms with Gasteiger partial charge in [-0.05, 0) is 29.7 Å². The van der Waals surface area contributed by atoms with E-state index < -0.39 is 0 Å². The van der Waals surface area contributed by atoms with Crippen LogP contribution in [0.3, 0.4) is 0 Å². The number of pyridine rings is 1. The van der Waals surface area contributed by atoms with Crippen molar-refractivity contribution in [3.05, 3.63) is 63.7 Å². The van der Waals surface area contributed by atoms with Crippen LogP contribution in [0.2, 0.25) is 5.15 Å². The molecule has 0 fully saturated rings. The molecule has 0 bridgehead atoms. The third kappa shape index (κ3) is 2.85. The van der Waals surface area contributed by atoms with Crippen molar-refractivity contribution >= 4 is 49.8 Å². The first-order valence-corrected chi connectivity index (χ1v) is 7.36. The van der Waals surface area contributed by atoms with E-state index in [9.17, 15) is 0 Å². The SMILES string of the molecule is N#Cc1cc(Cl)nc(Nc2ccc(Br)c3ccccc23)c1. The lowest BCUT2D eigenvalue weighted by Crippen LogP contribution is -1.96. The topological polar surface area (TPSA) is 48.7 Å². The number of aromatic nitrogens is 1. The Morgan fingerprint density at radius 1 is 1.10 bits per heavy atom. The van der Waals surface area contributed by atoms with E-state index >= 15 is 0 Å². The summed E-state index contributed by atoms with van der Waals surface area (Å²) in [5, 5.41) is 14.7. The maximum absolute atomic E-state index is 8.99. The van der Waals surface area contributed by atoms with Crippen LogP contribution in [0, 0.1) is 11.3 Å². The molecule has 0 aliphatic heterocycles. The van der Waals surface area contributed by atoms with Gasteiger partial charge in [0.15, 0.2) is 0 Å². The van der Waals surface area contributed by atoms with E-state index in [0.717, 1.165) is 20.9 Å². The van der Waals surface area contributed by atoms with Crippen LogP contribution >= 0.6 is 27.5 Å². The summed E-state index contributed by atoms with van der Waals surface area (Å²) in [7, 11) is 0. The predicted octanol–water partition coefficient (Wildman–Crippen LogP) is 5.27. The standard InChI is InChI=1S/C16H9BrClN3/c17-13-5-6-14(12-4-2-1-3-11(12)13)20-16-8-10(9-19)7-15(18)21-16/h1-8H,(H,20,21). The Bertz CT molecular complexity index is 871. The van der Waals surface area contributed by atoms with Crippen molar-refractivity contribution in [2.24, 2.45) is 0 Å². The summed E-state index contributed by atoms with van der Waals surface area (Å²) < 4.78 is 1.03. The second-order valence-electron chi connectivity index (χ2n) is 4.44. The van der Waals surface area contributed by atoms with Crippen LogP contribution in [0.15, 0.2) is 53.0 Å². The van der Waals surface area contributed by atoms with Gasteiger partial charge in [0.2, 0.25) is 0 Å². The van der Waals surface area contributed by atoms with Crippen molar-refractivity contribution in [2.75, 3.05) is 5.32 Å². The Hall–Kier alpha value is -2.09. The molecule has 2 aromatic carbocycles. The molecule has 3 aromatic rings. The van der Waals surface area contributed by atoms with Gasteiger partial charge in [-0.25, -0.2) is 4.98 Å². The third-order valence-electron chi connectivity index (χ3n) is 3.06. The molecule has 21 heavy (non-hydrogen) atoms. The number of benzene rings is 2. The predicted molar refractivity (Wildman–Crippen MR) is 88.9 cm³/mol. The van der Waals surface area contributed by atoms with Gasteiger partial charge in [0.1, 0.15) is 11.0 Å². The summed E-state index contributed by atoms with van der Waals surface area (Å²) in [6, 6.07) is 17.2. The number of nitrogens with one attached hydrogen (secondary N) is 1. The molecule has 0 unspecified atom stereocenters. The Kier molecular flexibility index (Phi) is 3.78. The van der Waals surface area contributed by atoms with Gasteiger partial charge in [-0.3, -0.25) is 0 Å². The molecule has 1 heterocycles. The van der Waals surface area contributed by atoms with Crippen molar-refractivity contribution in [1.29, 1.82) is 5.26 Å². The van der Waals surface area contributed by atoms with Crippen molar-refractivity contribution < 1.29 is 0 Å². The Labute approximate surface area is 135 Å². The summed E-state index contributed by atoms with van der Waals surface area (Å²) >= 11 is 9.47. The normalized spacial score (nSPS) is 10.3. The van der Waals surface area contributed by atoms with E-state index in [1.165, 1.54) is 6.07 Å². The number of nitrogens with zero attached hydrogens (tertiary/aromatic N) is 2. The average molecular weight is 359 g/mol. The average Bonchev–Trinajstić information content (AvgIpc) is 2.50. The van der Waals surface area contributed by atoms with Crippen LogP contribution in [0.5, 0.6) is 0 Å². The fraction of sp³-hybridized carbons (Fsp3) is 0. The molecule has 102 valence electrons. The molecule has 3 rings (SSSR count). The molecule has 1 aromatic heterocycles. The van der Waals surface area contributed by atoms with Crippen molar-refractivity contribution in [1.82, 2.24) is 4.98 Å². The number of rotatable bonds is 2. The largest absolute Gasteiger partial charge is 0.340 e. The molecule has 0 spiro atoms. The van der Waals surface area contributed by atoms with Crippen molar-refractivity contribution in [3.8, 4) is 6.07 Å². The zero-order chi connectivity index (χ0) is 14.8. The lowest BCUT2D eigenvalue weighted by atomic mass is 10.1. The van der Waals surface area contributed by atoms with E-state index in [0.29, 0.717) is 11.4 Å². The highest BCUT2D eigenvalue weighted by Gasteiger charge is 2.06. The zero-order valence-corrected chi connectivity index (χ0v) is 13.1. The Balaban J connectivity index is 2.09. The summed E-state index contributed by atoms with van der Waals surface area (Å²) in [6.45, 7) is 0. The molecule has 0 amide bonds. The number of fused-ring (bicyclic) bond motifs is 1. The summed E-state index contributed by atoms with van der Waals surface area (Å²) in [5.41, 5.74) is 1.38. The minimum absolute atomic E-state index is 0.290. The first kappa shape index (κ1) is 13.9. The summed E-state index contributed by atoms with van der Waals surface area (Å²) in [5.74, 6) is 0.548. The van der Waals surface area contributed by atoms with Gasteiger partial charge < -0.3 is 5.32 Å².